The molecule has 0 radical (unpaired) electrons. The Kier molecular flexibility index (Phi) is 5.03. The quantitative estimate of drug-likeness (QED) is 0.829. The number of ether oxygens (including phenoxy) is 2. The smallest absolute Gasteiger partial charge is 0.148 e. The highest BCUT2D eigenvalue weighted by atomic mass is 79.9. The number of benzene rings is 1. The molecular weight excluding hydrogens is 346 g/mol. The Labute approximate surface area is 130 Å². The van der Waals surface area contributed by atoms with Crippen molar-refractivity contribution < 1.29 is 9.47 Å². The summed E-state index contributed by atoms with van der Waals surface area (Å²) in [6, 6.07) is 5.64. The van der Waals surface area contributed by atoms with Crippen molar-refractivity contribution in [2.75, 3.05) is 19.5 Å². The van der Waals surface area contributed by atoms with E-state index in [9.17, 15) is 0 Å². The first-order valence-electron chi connectivity index (χ1n) is 5.76. The predicted molar refractivity (Wildman–Crippen MR) is 81.6 cm³/mol. The molecule has 0 spiro atoms. The van der Waals surface area contributed by atoms with E-state index in [4.69, 9.17) is 21.1 Å². The van der Waals surface area contributed by atoms with Crippen molar-refractivity contribution >= 4 is 33.3 Å². The van der Waals surface area contributed by atoms with E-state index in [0.717, 1.165) is 17.1 Å². The van der Waals surface area contributed by atoms with Crippen LogP contribution in [0.15, 0.2) is 29.0 Å². The summed E-state index contributed by atoms with van der Waals surface area (Å²) in [5.41, 5.74) is 0.981. The van der Waals surface area contributed by atoms with Gasteiger partial charge in [0.05, 0.1) is 18.7 Å². The number of aromatic nitrogens is 2. The van der Waals surface area contributed by atoms with Gasteiger partial charge in [-0.15, -0.1) is 0 Å². The minimum Gasteiger partial charge on any atom is -0.497 e. The molecule has 0 aliphatic carbocycles. The summed E-state index contributed by atoms with van der Waals surface area (Å²) < 4.78 is 11.1. The van der Waals surface area contributed by atoms with Crippen LogP contribution in [0.3, 0.4) is 0 Å². The van der Waals surface area contributed by atoms with Crippen molar-refractivity contribution in [2.45, 2.75) is 6.54 Å². The number of anilines is 1. The molecule has 0 fully saturated rings. The molecule has 0 aliphatic rings. The van der Waals surface area contributed by atoms with Crippen LogP contribution in [0.1, 0.15) is 5.56 Å². The fourth-order valence-corrected chi connectivity index (χ4v) is 2.13. The second-order valence-electron chi connectivity index (χ2n) is 3.86. The molecule has 0 saturated carbocycles. The minimum absolute atomic E-state index is 0.365. The standard InChI is InChI=1S/C13H13BrClN3O2/c1-19-9-4-3-8(10(5-9)20-2)6-16-13-11(14)12(15)17-7-18-13/h3-5,7H,6H2,1-2H3,(H,16,17,18). The SMILES string of the molecule is COc1ccc(CNc2ncnc(Cl)c2Br)c(OC)c1. The van der Waals surface area contributed by atoms with E-state index in [0.29, 0.717) is 22.0 Å². The Balaban J connectivity index is 2.16. The van der Waals surface area contributed by atoms with Gasteiger partial charge in [-0.2, -0.15) is 0 Å². The highest BCUT2D eigenvalue weighted by Gasteiger charge is 2.09. The molecule has 106 valence electrons. The van der Waals surface area contributed by atoms with Crippen LogP contribution >= 0.6 is 27.5 Å². The molecule has 5 nitrogen and oxygen atoms in total. The molecule has 1 N–H and O–H groups in total. The van der Waals surface area contributed by atoms with Crippen molar-refractivity contribution in [3.63, 3.8) is 0 Å². The van der Waals surface area contributed by atoms with E-state index in [1.54, 1.807) is 14.2 Å². The van der Waals surface area contributed by atoms with Gasteiger partial charge in [-0.3, -0.25) is 0 Å². The zero-order chi connectivity index (χ0) is 14.5. The Bertz CT molecular complexity index is 610. The lowest BCUT2D eigenvalue weighted by molar-refractivity contribution is 0.391. The van der Waals surface area contributed by atoms with Crippen LogP contribution in [-0.2, 0) is 6.54 Å². The topological polar surface area (TPSA) is 56.3 Å². The number of methoxy groups -OCH3 is 2. The third-order valence-electron chi connectivity index (χ3n) is 2.69. The third kappa shape index (κ3) is 3.32. The molecule has 0 aliphatic heterocycles. The zero-order valence-electron chi connectivity index (χ0n) is 11.0. The van der Waals surface area contributed by atoms with Crippen molar-refractivity contribution in [3.8, 4) is 11.5 Å². The first-order chi connectivity index (χ1) is 9.65. The Hall–Kier alpha value is -1.53. The average Bonchev–Trinajstić information content (AvgIpc) is 2.48. The number of halogens is 2. The van der Waals surface area contributed by atoms with E-state index in [1.807, 2.05) is 18.2 Å². The summed E-state index contributed by atoms with van der Waals surface area (Å²) in [6.07, 6.45) is 1.40. The molecule has 0 saturated heterocycles. The maximum atomic E-state index is 5.91. The van der Waals surface area contributed by atoms with Gasteiger partial charge < -0.3 is 14.8 Å². The van der Waals surface area contributed by atoms with Crippen LogP contribution in [0.25, 0.3) is 0 Å². The first-order valence-corrected chi connectivity index (χ1v) is 6.93. The molecule has 20 heavy (non-hydrogen) atoms. The maximum Gasteiger partial charge on any atom is 0.148 e. The molecule has 0 bridgehead atoms. The van der Waals surface area contributed by atoms with Gasteiger partial charge in [-0.05, 0) is 28.1 Å². The largest absolute Gasteiger partial charge is 0.497 e. The minimum atomic E-state index is 0.365. The molecule has 0 amide bonds. The van der Waals surface area contributed by atoms with Crippen LogP contribution in [0.2, 0.25) is 5.15 Å². The highest BCUT2D eigenvalue weighted by Crippen LogP contribution is 2.28. The summed E-state index contributed by atoms with van der Waals surface area (Å²) >= 11 is 9.26. The Morgan fingerprint density at radius 1 is 1.25 bits per heavy atom. The highest BCUT2D eigenvalue weighted by molar-refractivity contribution is 9.10. The predicted octanol–water partition coefficient (Wildman–Crippen LogP) is 3.52. The summed E-state index contributed by atoms with van der Waals surface area (Å²) in [7, 11) is 3.24. The first kappa shape index (κ1) is 14.9. The molecule has 1 heterocycles. The normalized spacial score (nSPS) is 10.2. The molecular formula is C13H13BrClN3O2. The van der Waals surface area contributed by atoms with Gasteiger partial charge in [-0.25, -0.2) is 9.97 Å². The second-order valence-corrected chi connectivity index (χ2v) is 5.01. The fourth-order valence-electron chi connectivity index (χ4n) is 1.65. The number of rotatable bonds is 5. The lowest BCUT2D eigenvalue weighted by atomic mass is 10.2. The lowest BCUT2D eigenvalue weighted by Crippen LogP contribution is -2.04. The van der Waals surface area contributed by atoms with Crippen molar-refractivity contribution in [3.05, 3.63) is 39.7 Å². The number of nitrogens with zero attached hydrogens (tertiary/aromatic N) is 2. The van der Waals surface area contributed by atoms with Gasteiger partial charge in [0.2, 0.25) is 0 Å². The van der Waals surface area contributed by atoms with Crippen LogP contribution in [0, 0.1) is 0 Å². The Morgan fingerprint density at radius 2 is 2.05 bits per heavy atom. The average molecular weight is 359 g/mol. The van der Waals surface area contributed by atoms with Gasteiger partial charge in [0.25, 0.3) is 0 Å². The fraction of sp³-hybridized carbons (Fsp3) is 0.231. The second kappa shape index (κ2) is 6.76. The monoisotopic (exact) mass is 357 g/mol. The molecule has 1 aromatic heterocycles. The van der Waals surface area contributed by atoms with Gasteiger partial charge >= 0.3 is 0 Å². The summed E-state index contributed by atoms with van der Waals surface area (Å²) in [6.45, 7) is 0.541. The molecule has 0 unspecified atom stereocenters. The van der Waals surface area contributed by atoms with Crippen LogP contribution in [0.4, 0.5) is 5.82 Å². The van der Waals surface area contributed by atoms with Gasteiger partial charge in [0, 0.05) is 18.2 Å². The number of hydrogen-bond donors (Lipinski definition) is 1. The third-order valence-corrected chi connectivity index (χ3v) is 3.95. The summed E-state index contributed by atoms with van der Waals surface area (Å²) in [4.78, 5) is 8.00. The van der Waals surface area contributed by atoms with Crippen LogP contribution in [-0.4, -0.2) is 24.2 Å². The number of hydrogen-bond acceptors (Lipinski definition) is 5. The van der Waals surface area contributed by atoms with E-state index >= 15 is 0 Å². The van der Waals surface area contributed by atoms with Crippen molar-refractivity contribution in [1.29, 1.82) is 0 Å². The Morgan fingerprint density at radius 3 is 2.75 bits per heavy atom. The van der Waals surface area contributed by atoms with Crippen molar-refractivity contribution in [2.24, 2.45) is 0 Å². The van der Waals surface area contributed by atoms with Crippen molar-refractivity contribution in [1.82, 2.24) is 9.97 Å². The molecule has 0 atom stereocenters. The van der Waals surface area contributed by atoms with Crippen LogP contribution in [0.5, 0.6) is 11.5 Å². The summed E-state index contributed by atoms with van der Waals surface area (Å²) in [5.74, 6) is 2.12. The van der Waals surface area contributed by atoms with E-state index in [1.165, 1.54) is 6.33 Å². The number of nitrogens with one attached hydrogen (secondary N) is 1. The van der Waals surface area contributed by atoms with Gasteiger partial charge in [-0.1, -0.05) is 11.6 Å². The summed E-state index contributed by atoms with van der Waals surface area (Å²) in [5, 5.41) is 3.54. The van der Waals surface area contributed by atoms with E-state index in [-0.39, 0.29) is 0 Å². The molecule has 2 rings (SSSR count). The molecule has 1 aromatic carbocycles. The van der Waals surface area contributed by atoms with Gasteiger partial charge in [0.15, 0.2) is 0 Å². The van der Waals surface area contributed by atoms with E-state index in [2.05, 4.69) is 31.2 Å². The lowest BCUT2D eigenvalue weighted by Gasteiger charge is -2.12. The molecule has 2 aromatic rings. The van der Waals surface area contributed by atoms with Crippen LogP contribution < -0.4 is 14.8 Å². The van der Waals surface area contributed by atoms with E-state index < -0.39 is 0 Å². The molecule has 7 heteroatoms. The maximum absolute atomic E-state index is 5.91. The zero-order valence-corrected chi connectivity index (χ0v) is 13.3. The van der Waals surface area contributed by atoms with Gasteiger partial charge in [0.1, 0.15) is 28.8 Å².